The van der Waals surface area contributed by atoms with Gasteiger partial charge in [-0.05, 0) is 48.5 Å². The highest BCUT2D eigenvalue weighted by Gasteiger charge is 2.17. The van der Waals surface area contributed by atoms with Gasteiger partial charge in [0.15, 0.2) is 5.82 Å². The molecule has 0 saturated heterocycles. The highest BCUT2D eigenvalue weighted by atomic mass is 32.2. The number of methoxy groups -OCH3 is 2. The summed E-state index contributed by atoms with van der Waals surface area (Å²) in [4.78, 5) is 12.4. The largest absolute Gasteiger partial charge is 0.497 e. The smallest absolute Gasteiger partial charge is 0.234 e. The molecule has 3 aromatic carbocycles. The van der Waals surface area contributed by atoms with Crippen molar-refractivity contribution >= 4 is 23.4 Å². The lowest BCUT2D eigenvalue weighted by Gasteiger charge is -2.10. The van der Waals surface area contributed by atoms with E-state index in [4.69, 9.17) is 20.1 Å². The highest BCUT2D eigenvalue weighted by molar-refractivity contribution is 7.99. The van der Waals surface area contributed by atoms with Crippen molar-refractivity contribution in [3.8, 4) is 34.4 Å². The zero-order valence-electron chi connectivity index (χ0n) is 18.6. The number of nitrogens with zero attached hydrogens (tertiary/aromatic N) is 3. The van der Waals surface area contributed by atoms with Gasteiger partial charge in [-0.15, -0.1) is 10.2 Å². The molecule has 0 bridgehead atoms. The first-order valence-corrected chi connectivity index (χ1v) is 11.2. The van der Waals surface area contributed by atoms with E-state index in [9.17, 15) is 4.79 Å². The molecule has 1 heterocycles. The molecule has 10 heteroatoms. The zero-order chi connectivity index (χ0) is 23.9. The molecule has 4 rings (SSSR count). The van der Waals surface area contributed by atoms with Gasteiger partial charge in [-0.1, -0.05) is 30.0 Å². The molecule has 1 aromatic heterocycles. The van der Waals surface area contributed by atoms with Crippen molar-refractivity contribution in [1.82, 2.24) is 14.9 Å². The van der Waals surface area contributed by atoms with Crippen LogP contribution in [-0.2, 0) is 4.79 Å². The minimum absolute atomic E-state index is 0.108. The van der Waals surface area contributed by atoms with Gasteiger partial charge in [0.1, 0.15) is 23.0 Å². The average molecular weight is 478 g/mol. The van der Waals surface area contributed by atoms with Crippen molar-refractivity contribution in [3.05, 3.63) is 72.8 Å². The lowest BCUT2D eigenvalue weighted by molar-refractivity contribution is -0.113. The quantitative estimate of drug-likeness (QED) is 0.272. The molecule has 34 heavy (non-hydrogen) atoms. The number of hydrogen-bond donors (Lipinski definition) is 2. The summed E-state index contributed by atoms with van der Waals surface area (Å²) in [6.45, 7) is 0. The molecule has 9 nitrogen and oxygen atoms in total. The molecule has 0 saturated carbocycles. The van der Waals surface area contributed by atoms with E-state index in [-0.39, 0.29) is 11.7 Å². The number of nitrogens with one attached hydrogen (secondary N) is 1. The van der Waals surface area contributed by atoms with Crippen LogP contribution in [0.25, 0.3) is 11.4 Å². The third-order valence-electron chi connectivity index (χ3n) is 4.76. The van der Waals surface area contributed by atoms with E-state index < -0.39 is 0 Å². The number of anilines is 1. The number of amides is 1. The van der Waals surface area contributed by atoms with Crippen LogP contribution in [0.1, 0.15) is 0 Å². The maximum Gasteiger partial charge on any atom is 0.234 e. The molecular formula is C24H23N5O4S. The fourth-order valence-electron chi connectivity index (χ4n) is 3.10. The van der Waals surface area contributed by atoms with Crippen molar-refractivity contribution in [2.24, 2.45) is 0 Å². The second-order valence-corrected chi connectivity index (χ2v) is 7.96. The van der Waals surface area contributed by atoms with E-state index in [1.807, 2.05) is 30.3 Å². The number of benzene rings is 3. The highest BCUT2D eigenvalue weighted by Crippen LogP contribution is 2.33. The normalized spacial score (nSPS) is 10.5. The van der Waals surface area contributed by atoms with Crippen LogP contribution in [0.15, 0.2) is 78.0 Å². The summed E-state index contributed by atoms with van der Waals surface area (Å²) in [5.74, 6) is 9.13. The van der Waals surface area contributed by atoms with Crippen LogP contribution < -0.4 is 25.4 Å². The monoisotopic (exact) mass is 477 g/mol. The van der Waals surface area contributed by atoms with Crippen molar-refractivity contribution in [2.45, 2.75) is 5.16 Å². The first-order chi connectivity index (χ1) is 16.6. The van der Waals surface area contributed by atoms with Crippen LogP contribution >= 0.6 is 11.8 Å². The Morgan fingerprint density at radius 1 is 0.941 bits per heavy atom. The Morgan fingerprint density at radius 3 is 2.35 bits per heavy atom. The van der Waals surface area contributed by atoms with Gasteiger partial charge in [0.2, 0.25) is 11.1 Å². The van der Waals surface area contributed by atoms with Gasteiger partial charge >= 0.3 is 0 Å². The molecule has 0 atom stereocenters. The van der Waals surface area contributed by atoms with Gasteiger partial charge in [-0.25, -0.2) is 4.68 Å². The molecule has 174 valence electrons. The van der Waals surface area contributed by atoms with Gasteiger partial charge < -0.3 is 25.4 Å². The second-order valence-electron chi connectivity index (χ2n) is 7.02. The molecule has 0 spiro atoms. The van der Waals surface area contributed by atoms with E-state index in [1.165, 1.54) is 16.4 Å². The van der Waals surface area contributed by atoms with E-state index >= 15 is 0 Å². The molecule has 0 fully saturated rings. The summed E-state index contributed by atoms with van der Waals surface area (Å²) < 4.78 is 17.7. The minimum Gasteiger partial charge on any atom is -0.497 e. The SMILES string of the molecule is COc1ccc(-c2nnc(SCC(=O)Nc3ccc(Oc4ccccc4)cc3)n2N)c(OC)c1. The lowest BCUT2D eigenvalue weighted by atomic mass is 10.2. The van der Waals surface area contributed by atoms with Gasteiger partial charge in [0.25, 0.3) is 0 Å². The number of para-hydroxylation sites is 1. The fourth-order valence-corrected chi connectivity index (χ4v) is 3.76. The number of carbonyl (C=O) groups is 1. The van der Waals surface area contributed by atoms with Gasteiger partial charge in [-0.3, -0.25) is 4.79 Å². The third kappa shape index (κ3) is 5.41. The Labute approximate surface area is 200 Å². The van der Waals surface area contributed by atoms with E-state index in [2.05, 4.69) is 15.5 Å². The standard InChI is InChI=1S/C24H23N5O4S/c1-31-19-12-13-20(21(14-19)32-2)23-27-28-24(29(23)25)34-15-22(30)26-16-8-10-18(11-9-16)33-17-6-4-3-5-7-17/h3-14H,15,25H2,1-2H3,(H,26,30). The van der Waals surface area contributed by atoms with Crippen molar-refractivity contribution in [3.63, 3.8) is 0 Å². The number of rotatable bonds is 9. The maximum atomic E-state index is 12.4. The van der Waals surface area contributed by atoms with Crippen molar-refractivity contribution in [1.29, 1.82) is 0 Å². The lowest BCUT2D eigenvalue weighted by Crippen LogP contribution is -2.16. The molecular weight excluding hydrogens is 454 g/mol. The van der Waals surface area contributed by atoms with Crippen molar-refractivity contribution in [2.75, 3.05) is 31.1 Å². The molecule has 4 aromatic rings. The Balaban J connectivity index is 1.35. The maximum absolute atomic E-state index is 12.4. The van der Waals surface area contributed by atoms with Crippen LogP contribution in [0.5, 0.6) is 23.0 Å². The summed E-state index contributed by atoms with van der Waals surface area (Å²) in [5.41, 5.74) is 1.32. The van der Waals surface area contributed by atoms with Crippen LogP contribution in [0, 0.1) is 0 Å². The Hall–Kier alpha value is -4.18. The minimum atomic E-state index is -0.201. The second kappa shape index (κ2) is 10.6. The first-order valence-electron chi connectivity index (χ1n) is 10.3. The molecule has 0 aliphatic heterocycles. The Morgan fingerprint density at radius 2 is 1.65 bits per heavy atom. The Kier molecular flexibility index (Phi) is 7.19. The van der Waals surface area contributed by atoms with Crippen LogP contribution in [0.4, 0.5) is 5.69 Å². The fraction of sp³-hybridized carbons (Fsp3) is 0.125. The topological polar surface area (TPSA) is 114 Å². The Bertz CT molecular complexity index is 1260. The number of nitrogens with two attached hydrogens (primary N) is 1. The molecule has 3 N–H and O–H groups in total. The van der Waals surface area contributed by atoms with Gasteiger partial charge in [0, 0.05) is 11.8 Å². The molecule has 0 aliphatic rings. The number of nitrogen functional groups attached to an aromatic ring is 1. The molecule has 1 amide bonds. The van der Waals surface area contributed by atoms with Gasteiger partial charge in [0.05, 0.1) is 25.5 Å². The molecule has 0 unspecified atom stereocenters. The van der Waals surface area contributed by atoms with E-state index in [0.717, 1.165) is 5.75 Å². The molecule has 0 radical (unpaired) electrons. The number of carbonyl (C=O) groups excluding carboxylic acids is 1. The first kappa shape index (κ1) is 23.0. The summed E-state index contributed by atoms with van der Waals surface area (Å²) in [5, 5.41) is 11.5. The third-order valence-corrected chi connectivity index (χ3v) is 5.71. The predicted octanol–water partition coefficient (Wildman–Crippen LogP) is 4.20. The zero-order valence-corrected chi connectivity index (χ0v) is 19.4. The molecule has 0 aliphatic carbocycles. The number of aromatic nitrogens is 3. The van der Waals surface area contributed by atoms with Crippen molar-refractivity contribution < 1.29 is 19.0 Å². The summed E-state index contributed by atoms with van der Waals surface area (Å²) >= 11 is 1.18. The predicted molar refractivity (Wildman–Crippen MR) is 131 cm³/mol. The van der Waals surface area contributed by atoms with E-state index in [1.54, 1.807) is 56.7 Å². The van der Waals surface area contributed by atoms with Crippen LogP contribution in [-0.4, -0.2) is 40.8 Å². The number of hydrogen-bond acceptors (Lipinski definition) is 8. The van der Waals surface area contributed by atoms with Gasteiger partial charge in [-0.2, -0.15) is 0 Å². The summed E-state index contributed by atoms with van der Waals surface area (Å²) in [7, 11) is 3.13. The van der Waals surface area contributed by atoms with Crippen LogP contribution in [0.3, 0.4) is 0 Å². The summed E-state index contributed by atoms with van der Waals surface area (Å²) in [6.07, 6.45) is 0. The number of thioether (sulfide) groups is 1. The average Bonchev–Trinajstić information content (AvgIpc) is 3.24. The number of ether oxygens (including phenoxy) is 3. The summed E-state index contributed by atoms with van der Waals surface area (Å²) in [6, 6.07) is 21.9. The van der Waals surface area contributed by atoms with Crippen LogP contribution in [0.2, 0.25) is 0 Å². The van der Waals surface area contributed by atoms with E-state index in [0.29, 0.717) is 39.5 Å².